The van der Waals surface area contributed by atoms with Crippen LogP contribution in [0.3, 0.4) is 0 Å². The lowest BCUT2D eigenvalue weighted by Crippen LogP contribution is -2.20. The Hall–Kier alpha value is -1.00. The van der Waals surface area contributed by atoms with Crippen molar-refractivity contribution in [2.24, 2.45) is 0 Å². The monoisotopic (exact) mass is 243 g/mol. The summed E-state index contributed by atoms with van der Waals surface area (Å²) < 4.78 is 31.4. The van der Waals surface area contributed by atoms with E-state index in [9.17, 15) is 8.78 Å². The third kappa shape index (κ3) is 5.75. The molecule has 0 saturated heterocycles. The predicted octanol–water partition coefficient (Wildman–Crippen LogP) is 2.87. The molecular formula is C13H19F2NO. The van der Waals surface area contributed by atoms with Crippen molar-refractivity contribution in [2.75, 3.05) is 19.8 Å². The Labute approximate surface area is 101 Å². The molecule has 0 saturated carbocycles. The molecule has 0 spiro atoms. The summed E-state index contributed by atoms with van der Waals surface area (Å²) >= 11 is 0. The number of halogens is 2. The van der Waals surface area contributed by atoms with Crippen molar-refractivity contribution in [1.29, 1.82) is 0 Å². The van der Waals surface area contributed by atoms with Gasteiger partial charge in [0.15, 0.2) is 0 Å². The van der Waals surface area contributed by atoms with E-state index in [1.165, 1.54) is 6.07 Å². The lowest BCUT2D eigenvalue weighted by Gasteiger charge is -2.07. The van der Waals surface area contributed by atoms with E-state index in [4.69, 9.17) is 4.74 Å². The van der Waals surface area contributed by atoms with Crippen LogP contribution in [-0.4, -0.2) is 19.8 Å². The van der Waals surface area contributed by atoms with Gasteiger partial charge in [-0.1, -0.05) is 13.3 Å². The smallest absolute Gasteiger partial charge is 0.127 e. The van der Waals surface area contributed by atoms with Crippen LogP contribution in [0.2, 0.25) is 0 Å². The number of nitrogens with one attached hydrogen (secondary N) is 1. The van der Waals surface area contributed by atoms with Gasteiger partial charge < -0.3 is 10.1 Å². The summed E-state index contributed by atoms with van der Waals surface area (Å²) in [7, 11) is 0. The minimum Gasteiger partial charge on any atom is -0.380 e. The molecular weight excluding hydrogens is 224 g/mol. The fraction of sp³-hybridized carbons (Fsp3) is 0.538. The maximum absolute atomic E-state index is 13.2. The molecule has 0 aliphatic carbocycles. The third-order valence-electron chi connectivity index (χ3n) is 2.39. The van der Waals surface area contributed by atoms with Crippen LogP contribution in [0, 0.1) is 11.6 Å². The molecule has 0 fully saturated rings. The second-order valence-corrected chi connectivity index (χ2v) is 3.88. The molecule has 1 N–H and O–H groups in total. The summed E-state index contributed by atoms with van der Waals surface area (Å²) in [6.45, 7) is 4.41. The fourth-order valence-electron chi connectivity index (χ4n) is 1.39. The van der Waals surface area contributed by atoms with Gasteiger partial charge in [0.1, 0.15) is 11.6 Å². The van der Waals surface area contributed by atoms with Crippen LogP contribution in [-0.2, 0) is 11.3 Å². The third-order valence-corrected chi connectivity index (χ3v) is 2.39. The van der Waals surface area contributed by atoms with E-state index in [1.54, 1.807) is 0 Å². The summed E-state index contributed by atoms with van der Waals surface area (Å²) in [5.41, 5.74) is 0.346. The normalized spacial score (nSPS) is 10.8. The second-order valence-electron chi connectivity index (χ2n) is 3.88. The average molecular weight is 243 g/mol. The lowest BCUT2D eigenvalue weighted by atomic mass is 10.2. The Kier molecular flexibility index (Phi) is 6.74. The minimum atomic E-state index is -0.414. The molecule has 0 bridgehead atoms. The first kappa shape index (κ1) is 14.1. The van der Waals surface area contributed by atoms with Crippen LogP contribution in [0.25, 0.3) is 0 Å². The Balaban J connectivity index is 2.15. The molecule has 0 atom stereocenters. The molecule has 0 radical (unpaired) electrons. The van der Waals surface area contributed by atoms with Gasteiger partial charge in [-0.3, -0.25) is 0 Å². The highest BCUT2D eigenvalue weighted by molar-refractivity contribution is 5.18. The zero-order valence-corrected chi connectivity index (χ0v) is 10.1. The van der Waals surface area contributed by atoms with Gasteiger partial charge in [-0.2, -0.15) is 0 Å². The molecule has 0 aliphatic rings. The number of hydrogen-bond donors (Lipinski definition) is 1. The fourth-order valence-corrected chi connectivity index (χ4v) is 1.39. The largest absolute Gasteiger partial charge is 0.380 e. The number of ether oxygens (including phenoxy) is 1. The Morgan fingerprint density at radius 2 is 2.06 bits per heavy atom. The first-order chi connectivity index (χ1) is 8.24. The quantitative estimate of drug-likeness (QED) is 0.709. The van der Waals surface area contributed by atoms with Crippen LogP contribution >= 0.6 is 0 Å². The van der Waals surface area contributed by atoms with Gasteiger partial charge in [-0.05, 0) is 24.6 Å². The summed E-state index contributed by atoms with van der Waals surface area (Å²) in [4.78, 5) is 0. The summed E-state index contributed by atoms with van der Waals surface area (Å²) in [6, 6.07) is 3.47. The Morgan fingerprint density at radius 1 is 1.24 bits per heavy atom. The van der Waals surface area contributed by atoms with E-state index in [-0.39, 0.29) is 5.82 Å². The summed E-state index contributed by atoms with van der Waals surface area (Å²) in [5.74, 6) is -0.798. The van der Waals surface area contributed by atoms with E-state index >= 15 is 0 Å². The maximum atomic E-state index is 13.2. The van der Waals surface area contributed by atoms with E-state index < -0.39 is 5.82 Å². The standard InChI is InChI=1S/C13H19F2NO/c1-2-3-7-17-8-6-16-10-11-9-12(14)4-5-13(11)15/h4-5,9,16H,2-3,6-8,10H2,1H3. The van der Waals surface area contributed by atoms with Crippen LogP contribution in [0.15, 0.2) is 18.2 Å². The molecule has 1 aromatic rings. The first-order valence-electron chi connectivity index (χ1n) is 5.96. The molecule has 0 heterocycles. The van der Waals surface area contributed by atoms with E-state index in [2.05, 4.69) is 12.2 Å². The zero-order valence-electron chi connectivity index (χ0n) is 10.1. The lowest BCUT2D eigenvalue weighted by molar-refractivity contribution is 0.133. The minimum absolute atomic E-state index is 0.320. The van der Waals surface area contributed by atoms with Gasteiger partial charge in [-0.25, -0.2) is 8.78 Å². The van der Waals surface area contributed by atoms with Gasteiger partial charge >= 0.3 is 0 Å². The number of unbranched alkanes of at least 4 members (excludes halogenated alkanes) is 1. The molecule has 96 valence electrons. The van der Waals surface area contributed by atoms with Crippen LogP contribution in [0.1, 0.15) is 25.3 Å². The van der Waals surface area contributed by atoms with E-state index in [0.717, 1.165) is 31.6 Å². The van der Waals surface area contributed by atoms with Gasteiger partial charge in [0.05, 0.1) is 6.61 Å². The van der Waals surface area contributed by atoms with Crippen molar-refractivity contribution in [2.45, 2.75) is 26.3 Å². The maximum Gasteiger partial charge on any atom is 0.127 e. The topological polar surface area (TPSA) is 21.3 Å². The second kappa shape index (κ2) is 8.14. The zero-order chi connectivity index (χ0) is 12.5. The van der Waals surface area contributed by atoms with E-state index in [1.807, 2.05) is 0 Å². The van der Waals surface area contributed by atoms with Crippen molar-refractivity contribution in [3.05, 3.63) is 35.4 Å². The highest BCUT2D eigenvalue weighted by Gasteiger charge is 2.02. The van der Waals surface area contributed by atoms with Crippen LogP contribution in [0.4, 0.5) is 8.78 Å². The highest BCUT2D eigenvalue weighted by atomic mass is 19.1. The molecule has 0 aliphatic heterocycles. The molecule has 1 rings (SSSR count). The van der Waals surface area contributed by atoms with Crippen molar-refractivity contribution < 1.29 is 13.5 Å². The molecule has 0 aromatic heterocycles. The molecule has 2 nitrogen and oxygen atoms in total. The van der Waals surface area contributed by atoms with Crippen molar-refractivity contribution >= 4 is 0 Å². The molecule has 0 amide bonds. The van der Waals surface area contributed by atoms with Crippen molar-refractivity contribution in [1.82, 2.24) is 5.32 Å². The van der Waals surface area contributed by atoms with Crippen molar-refractivity contribution in [3.8, 4) is 0 Å². The SMILES string of the molecule is CCCCOCCNCc1cc(F)ccc1F. The van der Waals surface area contributed by atoms with Gasteiger partial charge in [0.2, 0.25) is 0 Å². The van der Waals surface area contributed by atoms with Gasteiger partial charge in [0, 0.05) is 25.3 Å². The first-order valence-corrected chi connectivity index (χ1v) is 5.96. The number of hydrogen-bond acceptors (Lipinski definition) is 2. The molecule has 0 unspecified atom stereocenters. The van der Waals surface area contributed by atoms with Crippen LogP contribution < -0.4 is 5.32 Å². The Bertz CT molecular complexity index is 331. The predicted molar refractivity (Wildman–Crippen MR) is 63.8 cm³/mol. The number of rotatable bonds is 8. The van der Waals surface area contributed by atoms with Gasteiger partial charge in [0.25, 0.3) is 0 Å². The molecule has 1 aromatic carbocycles. The summed E-state index contributed by atoms with van der Waals surface area (Å²) in [6.07, 6.45) is 2.17. The van der Waals surface area contributed by atoms with Gasteiger partial charge in [-0.15, -0.1) is 0 Å². The highest BCUT2D eigenvalue weighted by Crippen LogP contribution is 2.08. The van der Waals surface area contributed by atoms with Crippen LogP contribution in [0.5, 0.6) is 0 Å². The number of benzene rings is 1. The molecule has 4 heteroatoms. The summed E-state index contributed by atoms with van der Waals surface area (Å²) in [5, 5.41) is 3.01. The average Bonchev–Trinajstić information content (AvgIpc) is 2.32. The Morgan fingerprint density at radius 3 is 2.82 bits per heavy atom. The molecule has 17 heavy (non-hydrogen) atoms. The van der Waals surface area contributed by atoms with E-state index in [0.29, 0.717) is 25.3 Å². The van der Waals surface area contributed by atoms with Crippen molar-refractivity contribution in [3.63, 3.8) is 0 Å².